The minimum absolute atomic E-state index is 0.595. The first kappa shape index (κ1) is 43.0. The van der Waals surface area contributed by atoms with Gasteiger partial charge in [-0.25, -0.2) is 0 Å². The van der Waals surface area contributed by atoms with Crippen molar-refractivity contribution in [1.29, 1.82) is 0 Å². The van der Waals surface area contributed by atoms with Gasteiger partial charge in [0, 0.05) is 11.5 Å². The highest BCUT2D eigenvalue weighted by atomic mass is 32.2. The molecule has 1 N–H and O–H groups in total. The molecule has 0 aromatic heterocycles. The Kier molecular flexibility index (Phi) is 41.0. The summed E-state index contributed by atoms with van der Waals surface area (Å²) in [5, 5.41) is 0. The molecule has 0 heterocycles. The standard InChI is InChI=1S/C36H75O3PS2/c1-3-5-7-9-11-13-15-17-19-21-23-25-27-29-33-41-35-31-38-40(37)39-32-36-42-34-30-28-26-24-22-20-18-16-14-12-10-8-6-4-2/h37H,3-36H2,1-2H3. The fourth-order valence-corrected chi connectivity index (χ4v) is 7.83. The Morgan fingerprint density at radius 3 is 0.857 bits per heavy atom. The zero-order valence-electron chi connectivity index (χ0n) is 28.6. The third kappa shape index (κ3) is 39.0. The van der Waals surface area contributed by atoms with Crippen LogP contribution in [0.3, 0.4) is 0 Å². The number of hydrogen-bond donors (Lipinski definition) is 1. The van der Waals surface area contributed by atoms with Crippen LogP contribution in [0, 0.1) is 0 Å². The van der Waals surface area contributed by atoms with E-state index in [0.717, 1.165) is 11.5 Å². The first-order valence-electron chi connectivity index (χ1n) is 18.7. The summed E-state index contributed by atoms with van der Waals surface area (Å²) in [5.74, 6) is 4.33. The van der Waals surface area contributed by atoms with E-state index in [9.17, 15) is 4.89 Å². The molecular weight excluding hydrogens is 576 g/mol. The van der Waals surface area contributed by atoms with Crippen LogP contribution >= 0.6 is 32.1 Å². The Hall–Kier alpha value is 1.01. The third-order valence-electron chi connectivity index (χ3n) is 8.14. The fourth-order valence-electron chi connectivity index (χ4n) is 5.39. The van der Waals surface area contributed by atoms with Crippen molar-refractivity contribution >= 4 is 32.1 Å². The molecule has 254 valence electrons. The quantitative estimate of drug-likeness (QED) is 0.0532. The Morgan fingerprint density at radius 1 is 0.357 bits per heavy atom. The van der Waals surface area contributed by atoms with Crippen LogP contribution in [0.15, 0.2) is 0 Å². The van der Waals surface area contributed by atoms with Gasteiger partial charge in [-0.15, -0.1) is 0 Å². The van der Waals surface area contributed by atoms with Crippen molar-refractivity contribution in [2.24, 2.45) is 0 Å². The highest BCUT2D eigenvalue weighted by molar-refractivity contribution is 7.99. The molecule has 0 rings (SSSR count). The van der Waals surface area contributed by atoms with E-state index in [1.54, 1.807) is 0 Å². The second-order valence-electron chi connectivity index (χ2n) is 12.3. The number of hydrogen-bond acceptors (Lipinski definition) is 5. The molecule has 6 heteroatoms. The van der Waals surface area contributed by atoms with Crippen LogP contribution < -0.4 is 0 Å². The summed E-state index contributed by atoms with van der Waals surface area (Å²) in [4.78, 5) is 9.92. The van der Waals surface area contributed by atoms with Gasteiger partial charge in [0.15, 0.2) is 0 Å². The van der Waals surface area contributed by atoms with E-state index in [2.05, 4.69) is 13.8 Å². The Labute approximate surface area is 275 Å². The van der Waals surface area contributed by atoms with Gasteiger partial charge in [-0.3, -0.25) is 0 Å². The van der Waals surface area contributed by atoms with Crippen LogP contribution in [0.25, 0.3) is 0 Å². The summed E-state index contributed by atoms with van der Waals surface area (Å²) in [7, 11) is -1.70. The lowest BCUT2D eigenvalue weighted by molar-refractivity contribution is 0.218. The maximum atomic E-state index is 9.92. The van der Waals surface area contributed by atoms with E-state index in [1.165, 1.54) is 191 Å². The van der Waals surface area contributed by atoms with E-state index in [0.29, 0.717) is 13.2 Å². The molecule has 0 fully saturated rings. The monoisotopic (exact) mass is 650 g/mol. The molecule has 0 aliphatic carbocycles. The summed E-state index contributed by atoms with van der Waals surface area (Å²) in [6.07, 6.45) is 39.6. The third-order valence-corrected chi connectivity index (χ3v) is 11.0. The second kappa shape index (κ2) is 40.0. The Morgan fingerprint density at radius 2 is 0.595 bits per heavy atom. The molecule has 0 atom stereocenters. The van der Waals surface area contributed by atoms with Crippen LogP contribution in [0.1, 0.15) is 194 Å². The number of rotatable bonds is 38. The molecule has 42 heavy (non-hydrogen) atoms. The SMILES string of the molecule is CCCCCCCCCCCCCCCCSCCOP(O)OCCSCCCCCCCCCCCCCCCC. The second-order valence-corrected chi connectivity index (χ2v) is 15.8. The lowest BCUT2D eigenvalue weighted by atomic mass is 10.0. The van der Waals surface area contributed by atoms with Gasteiger partial charge in [-0.2, -0.15) is 23.5 Å². The largest absolute Gasteiger partial charge is 0.329 e. The Balaban J connectivity index is 3.13. The van der Waals surface area contributed by atoms with Gasteiger partial charge in [-0.1, -0.05) is 181 Å². The normalized spacial score (nSPS) is 11.7. The van der Waals surface area contributed by atoms with Crippen molar-refractivity contribution < 1.29 is 13.9 Å². The van der Waals surface area contributed by atoms with Crippen molar-refractivity contribution in [1.82, 2.24) is 0 Å². The molecule has 0 radical (unpaired) electrons. The minimum atomic E-state index is -1.70. The predicted molar refractivity (Wildman–Crippen MR) is 196 cm³/mol. The van der Waals surface area contributed by atoms with Gasteiger partial charge in [-0.05, 0) is 24.3 Å². The molecule has 0 aromatic rings. The van der Waals surface area contributed by atoms with Crippen molar-refractivity contribution in [2.45, 2.75) is 194 Å². The lowest BCUT2D eigenvalue weighted by Gasteiger charge is -2.10. The molecule has 0 unspecified atom stereocenters. The number of unbranched alkanes of at least 4 members (excludes halogenated alkanes) is 26. The molecule has 0 aliphatic heterocycles. The Bertz CT molecular complexity index is 433. The highest BCUT2D eigenvalue weighted by Gasteiger charge is 2.06. The molecule has 0 aromatic carbocycles. The van der Waals surface area contributed by atoms with Gasteiger partial charge in [0.2, 0.25) is 0 Å². The van der Waals surface area contributed by atoms with Gasteiger partial charge < -0.3 is 13.9 Å². The molecule has 3 nitrogen and oxygen atoms in total. The van der Waals surface area contributed by atoms with Gasteiger partial charge in [0.05, 0.1) is 13.2 Å². The van der Waals surface area contributed by atoms with E-state index in [1.807, 2.05) is 23.5 Å². The van der Waals surface area contributed by atoms with Crippen molar-refractivity contribution in [3.8, 4) is 0 Å². The van der Waals surface area contributed by atoms with Crippen LogP contribution in [0.5, 0.6) is 0 Å². The maximum Gasteiger partial charge on any atom is 0.329 e. The molecule has 0 amide bonds. The lowest BCUT2D eigenvalue weighted by Crippen LogP contribution is -1.99. The van der Waals surface area contributed by atoms with Crippen LogP contribution in [0.2, 0.25) is 0 Å². The van der Waals surface area contributed by atoms with E-state index in [4.69, 9.17) is 9.05 Å². The molecule has 0 bridgehead atoms. The fraction of sp³-hybridized carbons (Fsp3) is 1.00. The van der Waals surface area contributed by atoms with Gasteiger partial charge in [0.25, 0.3) is 0 Å². The first-order chi connectivity index (χ1) is 20.8. The maximum absolute atomic E-state index is 9.92. The van der Waals surface area contributed by atoms with Crippen molar-refractivity contribution in [3.05, 3.63) is 0 Å². The van der Waals surface area contributed by atoms with Gasteiger partial charge >= 0.3 is 8.60 Å². The number of thioether (sulfide) groups is 2. The van der Waals surface area contributed by atoms with Gasteiger partial charge in [0.1, 0.15) is 0 Å². The zero-order chi connectivity index (χ0) is 30.4. The average Bonchev–Trinajstić information content (AvgIpc) is 3.00. The predicted octanol–water partition coefficient (Wildman–Crippen LogP) is 13.7. The van der Waals surface area contributed by atoms with Crippen LogP contribution in [-0.2, 0) is 9.05 Å². The highest BCUT2D eigenvalue weighted by Crippen LogP contribution is 2.33. The summed E-state index contributed by atoms with van der Waals surface area (Å²) in [6.45, 7) is 5.77. The van der Waals surface area contributed by atoms with Crippen molar-refractivity contribution in [3.63, 3.8) is 0 Å². The molecule has 0 aliphatic rings. The van der Waals surface area contributed by atoms with E-state index >= 15 is 0 Å². The first-order valence-corrected chi connectivity index (χ1v) is 22.2. The summed E-state index contributed by atoms with van der Waals surface area (Å²) in [6, 6.07) is 0. The van der Waals surface area contributed by atoms with Crippen LogP contribution in [0.4, 0.5) is 0 Å². The zero-order valence-corrected chi connectivity index (χ0v) is 31.1. The summed E-state index contributed by atoms with van der Waals surface area (Å²) < 4.78 is 10.9. The molecule has 0 spiro atoms. The summed E-state index contributed by atoms with van der Waals surface area (Å²) >= 11 is 3.89. The summed E-state index contributed by atoms with van der Waals surface area (Å²) in [5.41, 5.74) is 0. The van der Waals surface area contributed by atoms with E-state index < -0.39 is 8.60 Å². The minimum Gasteiger partial charge on any atom is -0.328 e. The van der Waals surface area contributed by atoms with Crippen LogP contribution in [-0.4, -0.2) is 41.1 Å². The smallest absolute Gasteiger partial charge is 0.328 e. The average molecular weight is 651 g/mol. The van der Waals surface area contributed by atoms with E-state index in [-0.39, 0.29) is 0 Å². The van der Waals surface area contributed by atoms with Crippen molar-refractivity contribution in [2.75, 3.05) is 36.2 Å². The molecule has 0 saturated carbocycles. The topological polar surface area (TPSA) is 38.7 Å². The molecular formula is C36H75O3PS2. The molecule has 0 saturated heterocycles.